The molecule has 0 aliphatic carbocycles. The molecule has 0 saturated carbocycles. The quantitative estimate of drug-likeness (QED) is 0.728. The monoisotopic (exact) mass is 258 g/mol. The van der Waals surface area contributed by atoms with Gasteiger partial charge < -0.3 is 15.7 Å². The lowest BCUT2D eigenvalue weighted by Crippen LogP contribution is -2.33. The minimum absolute atomic E-state index is 0.422. The van der Waals surface area contributed by atoms with Crippen LogP contribution in [-0.2, 0) is 0 Å². The summed E-state index contributed by atoms with van der Waals surface area (Å²) in [6.45, 7) is 4.06. The fraction of sp³-hybridized carbons (Fsp3) is 0.364. The molecule has 0 aromatic heterocycles. The first-order valence-electron chi connectivity index (χ1n) is 4.98. The Morgan fingerprint density at radius 2 is 2.25 bits per heavy atom. The first-order valence-corrected chi connectivity index (χ1v) is 5.76. The molecule has 0 heterocycles. The average Bonchev–Trinajstić information content (AvgIpc) is 2.21. The molecule has 16 heavy (non-hydrogen) atoms. The van der Waals surface area contributed by atoms with E-state index in [1.165, 1.54) is 0 Å². The smallest absolute Gasteiger partial charge is 0.170 e. The molecule has 0 aliphatic rings. The van der Waals surface area contributed by atoms with Gasteiger partial charge in [0.05, 0.1) is 6.10 Å². The summed E-state index contributed by atoms with van der Waals surface area (Å²) in [7, 11) is 0. The van der Waals surface area contributed by atoms with Crippen LogP contribution >= 0.6 is 23.8 Å². The Hall–Kier alpha value is -0.840. The van der Waals surface area contributed by atoms with Crippen LogP contribution < -0.4 is 10.6 Å². The highest BCUT2D eigenvalue weighted by Crippen LogP contribution is 2.19. The van der Waals surface area contributed by atoms with Gasteiger partial charge in [-0.15, -0.1) is 0 Å². The molecule has 3 nitrogen and oxygen atoms in total. The summed E-state index contributed by atoms with van der Waals surface area (Å²) >= 11 is 11.0. The second-order valence-electron chi connectivity index (χ2n) is 3.65. The lowest BCUT2D eigenvalue weighted by molar-refractivity contribution is 0.198. The van der Waals surface area contributed by atoms with E-state index in [9.17, 15) is 0 Å². The van der Waals surface area contributed by atoms with E-state index in [2.05, 4.69) is 10.6 Å². The highest BCUT2D eigenvalue weighted by atomic mass is 35.5. The van der Waals surface area contributed by atoms with Crippen LogP contribution in [0.4, 0.5) is 5.69 Å². The van der Waals surface area contributed by atoms with Gasteiger partial charge in [-0.2, -0.15) is 0 Å². The number of aryl methyl sites for hydroxylation is 1. The maximum Gasteiger partial charge on any atom is 0.170 e. The first kappa shape index (κ1) is 13.2. The lowest BCUT2D eigenvalue weighted by Gasteiger charge is -2.12. The van der Waals surface area contributed by atoms with Crippen molar-refractivity contribution in [3.05, 3.63) is 28.8 Å². The molecule has 1 aromatic rings. The van der Waals surface area contributed by atoms with E-state index in [-0.39, 0.29) is 0 Å². The van der Waals surface area contributed by atoms with Crippen LogP contribution in [0.5, 0.6) is 0 Å². The zero-order chi connectivity index (χ0) is 12.1. The molecule has 1 atom stereocenters. The van der Waals surface area contributed by atoms with Crippen LogP contribution in [0.2, 0.25) is 5.02 Å². The van der Waals surface area contributed by atoms with E-state index in [0.29, 0.717) is 16.7 Å². The highest BCUT2D eigenvalue weighted by Gasteiger charge is 2.01. The van der Waals surface area contributed by atoms with E-state index in [4.69, 9.17) is 28.9 Å². The van der Waals surface area contributed by atoms with Crippen molar-refractivity contribution in [3.8, 4) is 0 Å². The minimum Gasteiger partial charge on any atom is -0.392 e. The van der Waals surface area contributed by atoms with Gasteiger partial charge in [-0.25, -0.2) is 0 Å². The summed E-state index contributed by atoms with van der Waals surface area (Å²) in [5, 5.41) is 16.1. The molecular formula is C11H15ClN2OS. The molecular weight excluding hydrogens is 244 g/mol. The van der Waals surface area contributed by atoms with Crippen molar-refractivity contribution in [3.63, 3.8) is 0 Å². The number of thiocarbonyl (C=S) groups is 1. The topological polar surface area (TPSA) is 44.3 Å². The molecule has 0 fully saturated rings. The summed E-state index contributed by atoms with van der Waals surface area (Å²) in [5.41, 5.74) is 1.86. The number of benzene rings is 1. The van der Waals surface area contributed by atoms with Crippen molar-refractivity contribution < 1.29 is 5.11 Å². The van der Waals surface area contributed by atoms with Crippen LogP contribution in [-0.4, -0.2) is 22.9 Å². The molecule has 0 unspecified atom stereocenters. The normalized spacial score (nSPS) is 12.0. The number of hydrogen-bond donors (Lipinski definition) is 3. The van der Waals surface area contributed by atoms with Gasteiger partial charge in [0.15, 0.2) is 5.11 Å². The van der Waals surface area contributed by atoms with Crippen molar-refractivity contribution in [2.24, 2.45) is 0 Å². The van der Waals surface area contributed by atoms with Crippen molar-refractivity contribution in [1.82, 2.24) is 5.32 Å². The van der Waals surface area contributed by atoms with Crippen LogP contribution in [0, 0.1) is 6.92 Å². The van der Waals surface area contributed by atoms with E-state index in [0.717, 1.165) is 11.3 Å². The number of nitrogens with one attached hydrogen (secondary N) is 2. The summed E-state index contributed by atoms with van der Waals surface area (Å²) in [6.07, 6.45) is -0.429. The summed E-state index contributed by atoms with van der Waals surface area (Å²) in [5.74, 6) is 0. The molecule has 0 radical (unpaired) electrons. The minimum atomic E-state index is -0.429. The largest absolute Gasteiger partial charge is 0.392 e. The van der Waals surface area contributed by atoms with Crippen molar-refractivity contribution in [2.75, 3.05) is 11.9 Å². The van der Waals surface area contributed by atoms with E-state index in [1.54, 1.807) is 6.92 Å². The van der Waals surface area contributed by atoms with Crippen LogP contribution in [0.1, 0.15) is 12.5 Å². The number of hydrogen-bond acceptors (Lipinski definition) is 2. The molecule has 3 N–H and O–H groups in total. The number of anilines is 1. The Balaban J connectivity index is 2.53. The van der Waals surface area contributed by atoms with Gasteiger partial charge in [0.25, 0.3) is 0 Å². The van der Waals surface area contributed by atoms with Gasteiger partial charge in [-0.1, -0.05) is 17.7 Å². The molecule has 0 amide bonds. The van der Waals surface area contributed by atoms with E-state index < -0.39 is 6.10 Å². The van der Waals surface area contributed by atoms with Gasteiger partial charge in [-0.05, 0) is 43.8 Å². The Morgan fingerprint density at radius 1 is 1.56 bits per heavy atom. The molecule has 1 rings (SSSR count). The van der Waals surface area contributed by atoms with Gasteiger partial charge in [0.2, 0.25) is 0 Å². The molecule has 1 aromatic carbocycles. The SMILES string of the molecule is Cc1ccc(NC(=S)NC[C@H](C)O)cc1Cl. The maximum atomic E-state index is 9.08. The number of rotatable bonds is 3. The zero-order valence-corrected chi connectivity index (χ0v) is 10.8. The van der Waals surface area contributed by atoms with Gasteiger partial charge >= 0.3 is 0 Å². The highest BCUT2D eigenvalue weighted by molar-refractivity contribution is 7.80. The Morgan fingerprint density at radius 3 is 2.81 bits per heavy atom. The standard InChI is InChI=1S/C11H15ClN2OS/c1-7-3-4-9(5-10(7)12)14-11(16)13-6-8(2)15/h3-5,8,15H,6H2,1-2H3,(H2,13,14,16)/t8-/m0/s1. The number of aliphatic hydroxyl groups is 1. The predicted molar refractivity (Wildman–Crippen MR) is 72.1 cm³/mol. The lowest BCUT2D eigenvalue weighted by atomic mass is 10.2. The Bertz CT molecular complexity index is 382. The molecule has 0 saturated heterocycles. The van der Waals surface area contributed by atoms with E-state index >= 15 is 0 Å². The maximum absolute atomic E-state index is 9.08. The van der Waals surface area contributed by atoms with Crippen LogP contribution in [0.15, 0.2) is 18.2 Å². The van der Waals surface area contributed by atoms with Gasteiger partial charge in [-0.3, -0.25) is 0 Å². The van der Waals surface area contributed by atoms with Gasteiger partial charge in [0.1, 0.15) is 0 Å². The fourth-order valence-electron chi connectivity index (χ4n) is 1.09. The molecule has 5 heteroatoms. The molecule has 0 bridgehead atoms. The third-order valence-electron chi connectivity index (χ3n) is 1.99. The number of aliphatic hydroxyl groups excluding tert-OH is 1. The predicted octanol–water partition coefficient (Wildman–Crippen LogP) is 2.32. The summed E-state index contributed by atoms with van der Waals surface area (Å²) in [6, 6.07) is 5.63. The average molecular weight is 259 g/mol. The second-order valence-corrected chi connectivity index (χ2v) is 4.46. The zero-order valence-electron chi connectivity index (χ0n) is 9.25. The van der Waals surface area contributed by atoms with Crippen LogP contribution in [0.25, 0.3) is 0 Å². The first-order chi connectivity index (χ1) is 7.49. The Labute approximate surface area is 106 Å². The number of halogens is 1. The van der Waals surface area contributed by atoms with Crippen molar-refractivity contribution in [1.29, 1.82) is 0 Å². The van der Waals surface area contributed by atoms with E-state index in [1.807, 2.05) is 25.1 Å². The molecule has 0 spiro atoms. The molecule has 0 aliphatic heterocycles. The van der Waals surface area contributed by atoms with Crippen molar-refractivity contribution >= 4 is 34.6 Å². The Kier molecular flexibility index (Phi) is 4.99. The second kappa shape index (κ2) is 6.03. The molecule has 88 valence electrons. The third-order valence-corrected chi connectivity index (χ3v) is 2.64. The van der Waals surface area contributed by atoms with Gasteiger partial charge in [0, 0.05) is 17.3 Å². The summed E-state index contributed by atoms with van der Waals surface area (Å²) < 4.78 is 0. The fourth-order valence-corrected chi connectivity index (χ4v) is 1.47. The summed E-state index contributed by atoms with van der Waals surface area (Å²) in [4.78, 5) is 0. The van der Waals surface area contributed by atoms with Crippen LogP contribution in [0.3, 0.4) is 0 Å². The third kappa shape index (κ3) is 4.35. The van der Waals surface area contributed by atoms with Crippen molar-refractivity contribution in [2.45, 2.75) is 20.0 Å².